The topological polar surface area (TPSA) is 105 Å². The lowest BCUT2D eigenvalue weighted by Gasteiger charge is -2.17. The van der Waals surface area contributed by atoms with E-state index in [-0.39, 0.29) is 43.0 Å². The molecular formula is C21H17N3O6. The minimum absolute atomic E-state index is 0.0748. The van der Waals surface area contributed by atoms with Crippen molar-refractivity contribution in [1.82, 2.24) is 4.90 Å². The van der Waals surface area contributed by atoms with E-state index in [4.69, 9.17) is 9.47 Å². The second kappa shape index (κ2) is 6.58. The van der Waals surface area contributed by atoms with Crippen molar-refractivity contribution in [2.75, 3.05) is 30.6 Å². The van der Waals surface area contributed by atoms with E-state index in [1.165, 1.54) is 19.2 Å². The van der Waals surface area contributed by atoms with Crippen LogP contribution in [0.25, 0.3) is 0 Å². The number of ether oxygens (including phenoxy) is 2. The second-order valence-electron chi connectivity index (χ2n) is 7.36. The molecule has 152 valence electrons. The van der Waals surface area contributed by atoms with E-state index < -0.39 is 11.8 Å². The summed E-state index contributed by atoms with van der Waals surface area (Å²) < 4.78 is 10.6. The van der Waals surface area contributed by atoms with E-state index in [9.17, 15) is 19.2 Å². The molecule has 9 nitrogen and oxygen atoms in total. The van der Waals surface area contributed by atoms with Crippen LogP contribution >= 0.6 is 0 Å². The molecule has 0 aliphatic carbocycles. The maximum absolute atomic E-state index is 12.7. The maximum atomic E-state index is 12.7. The molecule has 5 rings (SSSR count). The zero-order chi connectivity index (χ0) is 21.0. The van der Waals surface area contributed by atoms with E-state index in [2.05, 4.69) is 5.32 Å². The van der Waals surface area contributed by atoms with Crippen molar-refractivity contribution in [2.45, 2.75) is 6.42 Å². The molecule has 3 heterocycles. The Hall–Kier alpha value is -3.88. The molecule has 9 heteroatoms. The maximum Gasteiger partial charge on any atom is 0.261 e. The van der Waals surface area contributed by atoms with Gasteiger partial charge in [-0.15, -0.1) is 0 Å². The van der Waals surface area contributed by atoms with Crippen molar-refractivity contribution >= 4 is 35.0 Å². The van der Waals surface area contributed by atoms with Gasteiger partial charge in [0.1, 0.15) is 0 Å². The van der Waals surface area contributed by atoms with Gasteiger partial charge in [0.25, 0.3) is 11.8 Å². The third-order valence-corrected chi connectivity index (χ3v) is 5.52. The van der Waals surface area contributed by atoms with Crippen LogP contribution in [0.5, 0.6) is 11.5 Å². The average molecular weight is 407 g/mol. The number of benzene rings is 2. The summed E-state index contributed by atoms with van der Waals surface area (Å²) in [7, 11) is 1.41. The fourth-order valence-corrected chi connectivity index (χ4v) is 3.87. The van der Waals surface area contributed by atoms with Crippen molar-refractivity contribution < 1.29 is 28.7 Å². The summed E-state index contributed by atoms with van der Waals surface area (Å²) >= 11 is 0. The molecule has 0 bridgehead atoms. The number of imide groups is 1. The predicted octanol–water partition coefficient (Wildman–Crippen LogP) is 1.63. The highest BCUT2D eigenvalue weighted by atomic mass is 16.7. The van der Waals surface area contributed by atoms with Gasteiger partial charge in [-0.1, -0.05) is 0 Å². The Morgan fingerprint density at radius 1 is 1.00 bits per heavy atom. The van der Waals surface area contributed by atoms with E-state index in [1.807, 2.05) is 0 Å². The standard InChI is InChI=1S/C21H17N3O6/c1-23-20(27)14-4-2-12(7-15(14)21(23)28)22-19(26)11-6-18(25)24(9-11)13-3-5-16-17(8-13)30-10-29-16/h2-5,7-8,11H,6,9-10H2,1H3,(H,22,26). The zero-order valence-electron chi connectivity index (χ0n) is 16.0. The molecule has 3 aliphatic rings. The molecular weight excluding hydrogens is 390 g/mol. The highest BCUT2D eigenvalue weighted by Gasteiger charge is 2.37. The Balaban J connectivity index is 1.30. The normalized spacial score (nSPS) is 19.5. The summed E-state index contributed by atoms with van der Waals surface area (Å²) in [6, 6.07) is 9.80. The minimum Gasteiger partial charge on any atom is -0.454 e. The molecule has 0 aromatic heterocycles. The fraction of sp³-hybridized carbons (Fsp3) is 0.238. The molecule has 1 N–H and O–H groups in total. The smallest absolute Gasteiger partial charge is 0.261 e. The van der Waals surface area contributed by atoms with Crippen LogP contribution in [0.2, 0.25) is 0 Å². The molecule has 4 amide bonds. The number of carbonyl (C=O) groups excluding carboxylic acids is 4. The molecule has 0 saturated carbocycles. The van der Waals surface area contributed by atoms with Crippen LogP contribution in [0, 0.1) is 5.92 Å². The van der Waals surface area contributed by atoms with Crippen molar-refractivity contribution in [3.05, 3.63) is 47.5 Å². The highest BCUT2D eigenvalue weighted by molar-refractivity contribution is 6.21. The van der Waals surface area contributed by atoms with Gasteiger partial charge < -0.3 is 19.7 Å². The number of amides is 4. The van der Waals surface area contributed by atoms with Gasteiger partial charge >= 0.3 is 0 Å². The van der Waals surface area contributed by atoms with Crippen molar-refractivity contribution in [3.8, 4) is 11.5 Å². The lowest BCUT2D eigenvalue weighted by Crippen LogP contribution is -2.28. The Labute approximate surface area is 171 Å². The first-order valence-electron chi connectivity index (χ1n) is 9.39. The largest absolute Gasteiger partial charge is 0.454 e. The predicted molar refractivity (Wildman–Crippen MR) is 105 cm³/mol. The Kier molecular flexibility index (Phi) is 3.99. The van der Waals surface area contributed by atoms with Crippen LogP contribution in [-0.2, 0) is 9.59 Å². The lowest BCUT2D eigenvalue weighted by molar-refractivity contribution is -0.122. The third kappa shape index (κ3) is 2.78. The average Bonchev–Trinajstić information content (AvgIpc) is 3.42. The van der Waals surface area contributed by atoms with Gasteiger partial charge in [-0.05, 0) is 30.3 Å². The Morgan fingerprint density at radius 3 is 2.60 bits per heavy atom. The third-order valence-electron chi connectivity index (χ3n) is 5.52. The number of hydrogen-bond acceptors (Lipinski definition) is 6. The van der Waals surface area contributed by atoms with Gasteiger partial charge in [-0.2, -0.15) is 0 Å². The quantitative estimate of drug-likeness (QED) is 0.776. The molecule has 0 spiro atoms. The van der Waals surface area contributed by atoms with Crippen molar-refractivity contribution in [3.63, 3.8) is 0 Å². The summed E-state index contributed by atoms with van der Waals surface area (Å²) in [6.07, 6.45) is 0.0748. The second-order valence-corrected chi connectivity index (χ2v) is 7.36. The lowest BCUT2D eigenvalue weighted by atomic mass is 10.1. The molecule has 0 radical (unpaired) electrons. The number of nitrogens with one attached hydrogen (secondary N) is 1. The van der Waals surface area contributed by atoms with Crippen LogP contribution in [0.4, 0.5) is 11.4 Å². The first-order chi connectivity index (χ1) is 14.4. The van der Waals surface area contributed by atoms with E-state index in [1.54, 1.807) is 29.2 Å². The van der Waals surface area contributed by atoms with Crippen molar-refractivity contribution in [2.24, 2.45) is 5.92 Å². The van der Waals surface area contributed by atoms with Gasteiger partial charge in [0, 0.05) is 37.5 Å². The molecule has 1 saturated heterocycles. The summed E-state index contributed by atoms with van der Waals surface area (Å²) in [5.41, 5.74) is 1.61. The highest BCUT2D eigenvalue weighted by Crippen LogP contribution is 2.37. The summed E-state index contributed by atoms with van der Waals surface area (Å²) in [4.78, 5) is 52.0. The van der Waals surface area contributed by atoms with Crippen molar-refractivity contribution in [1.29, 1.82) is 0 Å². The van der Waals surface area contributed by atoms with Crippen LogP contribution in [0.15, 0.2) is 36.4 Å². The van der Waals surface area contributed by atoms with Crippen LogP contribution in [0.1, 0.15) is 27.1 Å². The van der Waals surface area contributed by atoms with Crippen LogP contribution in [0.3, 0.4) is 0 Å². The SMILES string of the molecule is CN1C(=O)c2ccc(NC(=O)C3CC(=O)N(c4ccc5c(c4)OCO5)C3)cc2C1=O. The minimum atomic E-state index is -0.545. The van der Waals surface area contributed by atoms with Crippen LogP contribution in [-0.4, -0.2) is 48.9 Å². The molecule has 2 aromatic carbocycles. The van der Waals surface area contributed by atoms with Gasteiger partial charge in [0.2, 0.25) is 18.6 Å². The first kappa shape index (κ1) is 18.2. The summed E-state index contributed by atoms with van der Waals surface area (Å²) in [5.74, 6) is -0.617. The number of rotatable bonds is 3. The molecule has 1 atom stereocenters. The molecule has 1 fully saturated rings. The Morgan fingerprint density at radius 2 is 1.77 bits per heavy atom. The van der Waals surface area contributed by atoms with E-state index in [0.29, 0.717) is 28.4 Å². The molecule has 1 unspecified atom stereocenters. The van der Waals surface area contributed by atoms with Crippen LogP contribution < -0.4 is 19.7 Å². The molecule has 3 aliphatic heterocycles. The molecule has 2 aromatic rings. The van der Waals surface area contributed by atoms with E-state index >= 15 is 0 Å². The first-order valence-corrected chi connectivity index (χ1v) is 9.39. The fourth-order valence-electron chi connectivity index (χ4n) is 3.87. The van der Waals surface area contributed by atoms with Gasteiger partial charge in [-0.3, -0.25) is 24.1 Å². The summed E-state index contributed by atoms with van der Waals surface area (Å²) in [6.45, 7) is 0.373. The monoisotopic (exact) mass is 407 g/mol. The number of hydrogen-bond donors (Lipinski definition) is 1. The number of nitrogens with zero attached hydrogens (tertiary/aromatic N) is 2. The van der Waals surface area contributed by atoms with Gasteiger partial charge in [-0.25, -0.2) is 0 Å². The number of anilines is 2. The van der Waals surface area contributed by atoms with Gasteiger partial charge in [0.15, 0.2) is 11.5 Å². The zero-order valence-corrected chi connectivity index (χ0v) is 16.0. The molecule has 30 heavy (non-hydrogen) atoms. The number of fused-ring (bicyclic) bond motifs is 2. The Bertz CT molecular complexity index is 1130. The summed E-state index contributed by atoms with van der Waals surface area (Å²) in [5, 5.41) is 2.75. The van der Waals surface area contributed by atoms with E-state index in [0.717, 1.165) is 4.90 Å². The van der Waals surface area contributed by atoms with Gasteiger partial charge in [0.05, 0.1) is 17.0 Å². The number of carbonyl (C=O) groups is 4.